The summed E-state index contributed by atoms with van der Waals surface area (Å²) in [4.78, 5) is 24.3. The lowest BCUT2D eigenvalue weighted by Gasteiger charge is -2.06. The molecule has 0 saturated heterocycles. The minimum absolute atomic E-state index is 0.186. The van der Waals surface area contributed by atoms with Crippen LogP contribution >= 0.6 is 0 Å². The molecule has 1 amide bonds. The Balaban J connectivity index is 1.68. The number of H-pyrrole nitrogens is 1. The molecule has 24 heavy (non-hydrogen) atoms. The first-order chi connectivity index (χ1) is 11.7. The zero-order chi connectivity index (χ0) is 16.5. The van der Waals surface area contributed by atoms with Crippen LogP contribution < -0.4 is 5.32 Å². The van der Waals surface area contributed by atoms with Crippen molar-refractivity contribution in [2.24, 2.45) is 0 Å². The van der Waals surface area contributed by atoms with E-state index in [4.69, 9.17) is 0 Å². The summed E-state index contributed by atoms with van der Waals surface area (Å²) in [6.07, 6.45) is 3.45. The fraction of sp³-hybridized carbons (Fsp3) is 0.105. The van der Waals surface area contributed by atoms with Gasteiger partial charge < -0.3 is 10.3 Å². The number of amides is 1. The maximum absolute atomic E-state index is 12.5. The van der Waals surface area contributed by atoms with Gasteiger partial charge in [0.05, 0.1) is 11.2 Å². The van der Waals surface area contributed by atoms with E-state index >= 15 is 0 Å². The normalized spacial score (nSPS) is 11.0. The molecule has 0 atom stereocenters. The maximum Gasteiger partial charge on any atom is 0.270 e. The Labute approximate surface area is 138 Å². The molecular formula is C19H16N4O. The molecule has 5 heteroatoms. The number of pyridine rings is 2. The van der Waals surface area contributed by atoms with Crippen molar-refractivity contribution in [3.05, 3.63) is 71.8 Å². The molecule has 3 heterocycles. The highest BCUT2D eigenvalue weighted by molar-refractivity contribution is 6.10. The first kappa shape index (κ1) is 14.4. The Bertz CT molecular complexity index is 1040. The van der Waals surface area contributed by atoms with Gasteiger partial charge in [0.15, 0.2) is 0 Å². The number of para-hydroxylation sites is 1. The number of fused-ring (bicyclic) bond motifs is 3. The number of benzene rings is 1. The summed E-state index contributed by atoms with van der Waals surface area (Å²) in [5, 5.41) is 5.01. The number of rotatable bonds is 3. The van der Waals surface area contributed by atoms with E-state index in [1.807, 2.05) is 49.4 Å². The molecule has 3 aromatic heterocycles. The molecular weight excluding hydrogens is 300 g/mol. The smallest absolute Gasteiger partial charge is 0.270 e. The van der Waals surface area contributed by atoms with Gasteiger partial charge in [-0.05, 0) is 30.7 Å². The van der Waals surface area contributed by atoms with Crippen molar-refractivity contribution >= 4 is 27.7 Å². The molecule has 0 bridgehead atoms. The van der Waals surface area contributed by atoms with Gasteiger partial charge in [-0.1, -0.05) is 24.3 Å². The topological polar surface area (TPSA) is 70.7 Å². The van der Waals surface area contributed by atoms with Gasteiger partial charge in [0.25, 0.3) is 5.91 Å². The summed E-state index contributed by atoms with van der Waals surface area (Å²) in [5.74, 6) is -0.186. The van der Waals surface area contributed by atoms with E-state index in [1.54, 1.807) is 12.4 Å². The molecule has 2 N–H and O–H groups in total. The van der Waals surface area contributed by atoms with Crippen LogP contribution in [-0.4, -0.2) is 20.9 Å². The van der Waals surface area contributed by atoms with Crippen LogP contribution in [0.15, 0.2) is 54.9 Å². The first-order valence-electron chi connectivity index (χ1n) is 7.77. The largest absolute Gasteiger partial charge is 0.353 e. The van der Waals surface area contributed by atoms with Crippen LogP contribution in [-0.2, 0) is 6.54 Å². The van der Waals surface area contributed by atoms with Crippen molar-refractivity contribution < 1.29 is 4.79 Å². The SMILES string of the molecule is Cc1nc(C(=O)NCc2cccnc2)cc2c1[nH]c1ccccc12. The molecule has 0 spiro atoms. The predicted octanol–water partition coefficient (Wildman–Crippen LogP) is 3.35. The molecule has 0 aliphatic heterocycles. The monoisotopic (exact) mass is 316 g/mol. The van der Waals surface area contributed by atoms with Crippen molar-refractivity contribution in [2.75, 3.05) is 0 Å². The van der Waals surface area contributed by atoms with Crippen LogP contribution in [0.1, 0.15) is 21.7 Å². The molecule has 4 aromatic rings. The highest BCUT2D eigenvalue weighted by atomic mass is 16.1. The van der Waals surface area contributed by atoms with Crippen molar-refractivity contribution in [1.29, 1.82) is 0 Å². The van der Waals surface area contributed by atoms with E-state index in [0.717, 1.165) is 33.1 Å². The number of hydrogen-bond acceptors (Lipinski definition) is 3. The summed E-state index contributed by atoms with van der Waals surface area (Å²) in [6.45, 7) is 2.34. The number of aromatic amines is 1. The van der Waals surface area contributed by atoms with Crippen molar-refractivity contribution in [2.45, 2.75) is 13.5 Å². The highest BCUT2D eigenvalue weighted by Crippen LogP contribution is 2.27. The van der Waals surface area contributed by atoms with Gasteiger partial charge in [-0.25, -0.2) is 4.98 Å². The third-order valence-electron chi connectivity index (χ3n) is 4.09. The number of carbonyl (C=O) groups is 1. The predicted molar refractivity (Wildman–Crippen MR) is 93.7 cm³/mol. The second kappa shape index (κ2) is 5.77. The minimum atomic E-state index is -0.186. The van der Waals surface area contributed by atoms with E-state index in [9.17, 15) is 4.79 Å². The number of nitrogens with zero attached hydrogens (tertiary/aromatic N) is 2. The van der Waals surface area contributed by atoms with E-state index < -0.39 is 0 Å². The second-order valence-electron chi connectivity index (χ2n) is 5.73. The molecule has 4 rings (SSSR count). The molecule has 5 nitrogen and oxygen atoms in total. The number of aryl methyl sites for hydroxylation is 1. The van der Waals surface area contributed by atoms with Crippen LogP contribution in [0.3, 0.4) is 0 Å². The van der Waals surface area contributed by atoms with Gasteiger partial charge in [0.2, 0.25) is 0 Å². The van der Waals surface area contributed by atoms with Gasteiger partial charge in [-0.2, -0.15) is 0 Å². The number of carbonyl (C=O) groups excluding carboxylic acids is 1. The van der Waals surface area contributed by atoms with Gasteiger partial charge in [0, 0.05) is 35.2 Å². The summed E-state index contributed by atoms with van der Waals surface area (Å²) in [7, 11) is 0. The summed E-state index contributed by atoms with van der Waals surface area (Å²) < 4.78 is 0. The number of hydrogen-bond donors (Lipinski definition) is 2. The van der Waals surface area contributed by atoms with Crippen molar-refractivity contribution in [3.63, 3.8) is 0 Å². The standard InChI is InChI=1S/C19H16N4O/c1-12-18-15(14-6-2-3-7-16(14)23-18)9-17(22-12)19(24)21-11-13-5-4-8-20-10-13/h2-10,23H,11H2,1H3,(H,21,24). The molecule has 1 aromatic carbocycles. The summed E-state index contributed by atoms with van der Waals surface area (Å²) in [6, 6.07) is 13.7. The molecule has 0 saturated carbocycles. The highest BCUT2D eigenvalue weighted by Gasteiger charge is 2.13. The zero-order valence-electron chi connectivity index (χ0n) is 13.2. The Morgan fingerprint density at radius 1 is 1.17 bits per heavy atom. The fourth-order valence-corrected chi connectivity index (χ4v) is 2.90. The van der Waals surface area contributed by atoms with Gasteiger partial charge in [-0.3, -0.25) is 9.78 Å². The van der Waals surface area contributed by atoms with E-state index in [0.29, 0.717) is 12.2 Å². The average Bonchev–Trinajstić information content (AvgIpc) is 3.00. The Kier molecular flexibility index (Phi) is 3.46. The lowest BCUT2D eigenvalue weighted by atomic mass is 10.1. The first-order valence-corrected chi connectivity index (χ1v) is 7.77. The van der Waals surface area contributed by atoms with Crippen LogP contribution in [0, 0.1) is 6.92 Å². The number of aromatic nitrogens is 3. The van der Waals surface area contributed by atoms with Crippen LogP contribution in [0.25, 0.3) is 21.8 Å². The van der Waals surface area contributed by atoms with E-state index in [1.165, 1.54) is 0 Å². The Hall–Kier alpha value is -3.21. The quantitative estimate of drug-likeness (QED) is 0.609. The Morgan fingerprint density at radius 3 is 2.88 bits per heavy atom. The van der Waals surface area contributed by atoms with Crippen LogP contribution in [0.4, 0.5) is 0 Å². The molecule has 0 unspecified atom stereocenters. The van der Waals surface area contributed by atoms with Crippen LogP contribution in [0.2, 0.25) is 0 Å². The van der Waals surface area contributed by atoms with E-state index in [2.05, 4.69) is 20.3 Å². The third-order valence-corrected chi connectivity index (χ3v) is 4.09. The lowest BCUT2D eigenvalue weighted by molar-refractivity contribution is 0.0946. The average molecular weight is 316 g/mol. The zero-order valence-corrected chi connectivity index (χ0v) is 13.2. The molecule has 0 aliphatic rings. The van der Waals surface area contributed by atoms with Gasteiger partial charge in [-0.15, -0.1) is 0 Å². The van der Waals surface area contributed by atoms with Crippen LogP contribution in [0.5, 0.6) is 0 Å². The fourth-order valence-electron chi connectivity index (χ4n) is 2.90. The Morgan fingerprint density at radius 2 is 2.04 bits per heavy atom. The second-order valence-corrected chi connectivity index (χ2v) is 5.73. The molecule has 0 aliphatic carbocycles. The molecule has 118 valence electrons. The van der Waals surface area contributed by atoms with Crippen molar-refractivity contribution in [1.82, 2.24) is 20.3 Å². The minimum Gasteiger partial charge on any atom is -0.353 e. The lowest BCUT2D eigenvalue weighted by Crippen LogP contribution is -2.24. The number of nitrogens with one attached hydrogen (secondary N) is 2. The molecule has 0 fully saturated rings. The summed E-state index contributed by atoms with van der Waals surface area (Å²) in [5.41, 5.74) is 4.21. The van der Waals surface area contributed by atoms with Gasteiger partial charge >= 0.3 is 0 Å². The third kappa shape index (κ3) is 2.50. The molecule has 0 radical (unpaired) electrons. The maximum atomic E-state index is 12.5. The summed E-state index contributed by atoms with van der Waals surface area (Å²) >= 11 is 0. The van der Waals surface area contributed by atoms with Crippen molar-refractivity contribution in [3.8, 4) is 0 Å². The van der Waals surface area contributed by atoms with Gasteiger partial charge in [0.1, 0.15) is 5.69 Å². The van der Waals surface area contributed by atoms with E-state index in [-0.39, 0.29) is 5.91 Å².